The lowest BCUT2D eigenvalue weighted by molar-refractivity contribution is -0.146. The minimum absolute atomic E-state index is 0.211. The molecule has 110 valence electrons. The summed E-state index contributed by atoms with van der Waals surface area (Å²) >= 11 is 4.87. The van der Waals surface area contributed by atoms with Gasteiger partial charge in [0, 0.05) is 26.2 Å². The Balaban J connectivity index is 1.97. The Hall–Kier alpha value is -1.41. The Labute approximate surface area is 120 Å². The number of thiocarbonyl (C=S) groups is 1. The molecule has 0 radical (unpaired) electrons. The summed E-state index contributed by atoms with van der Waals surface area (Å²) in [6.45, 7) is 0.867. The third kappa shape index (κ3) is 4.04. The second-order valence-corrected chi connectivity index (χ2v) is 5.06. The van der Waals surface area contributed by atoms with Crippen molar-refractivity contribution < 1.29 is 13.2 Å². The monoisotopic (exact) mass is 304 g/mol. The van der Waals surface area contributed by atoms with Gasteiger partial charge >= 0.3 is 6.18 Å². The quantitative estimate of drug-likeness (QED) is 0.855. The van der Waals surface area contributed by atoms with Gasteiger partial charge in [-0.15, -0.1) is 0 Å². The van der Waals surface area contributed by atoms with Gasteiger partial charge in [0.05, 0.1) is 12.2 Å². The van der Waals surface area contributed by atoms with E-state index in [4.69, 9.17) is 18.0 Å². The highest BCUT2D eigenvalue weighted by atomic mass is 32.1. The summed E-state index contributed by atoms with van der Waals surface area (Å²) < 4.78 is 36.9. The molecule has 0 spiro atoms. The first-order chi connectivity index (χ1) is 9.35. The molecule has 1 fully saturated rings. The lowest BCUT2D eigenvalue weighted by atomic mass is 10.3. The van der Waals surface area contributed by atoms with Crippen LogP contribution in [0.5, 0.6) is 0 Å². The van der Waals surface area contributed by atoms with Crippen molar-refractivity contribution in [3.8, 4) is 0 Å². The number of pyridine rings is 1. The van der Waals surface area contributed by atoms with Crippen molar-refractivity contribution in [2.24, 2.45) is 5.73 Å². The number of piperazine rings is 1. The fraction of sp³-hybridized carbons (Fsp3) is 0.500. The molecule has 1 aliphatic heterocycles. The molecule has 1 aromatic heterocycles. The average molecular weight is 304 g/mol. The molecule has 20 heavy (non-hydrogen) atoms. The lowest BCUT2D eigenvalue weighted by Gasteiger charge is -2.35. The minimum Gasteiger partial charge on any atom is -0.388 e. The van der Waals surface area contributed by atoms with Gasteiger partial charge in [-0.1, -0.05) is 18.3 Å². The number of hydrogen-bond donors (Lipinski definition) is 1. The van der Waals surface area contributed by atoms with Crippen molar-refractivity contribution in [2.45, 2.75) is 6.18 Å². The predicted octanol–water partition coefficient (Wildman–Crippen LogP) is 1.40. The number of aromatic nitrogens is 1. The second kappa shape index (κ2) is 5.92. The highest BCUT2D eigenvalue weighted by Gasteiger charge is 2.32. The molecule has 2 rings (SSSR count). The summed E-state index contributed by atoms with van der Waals surface area (Å²) in [4.78, 5) is 7.86. The fourth-order valence-electron chi connectivity index (χ4n) is 2.13. The van der Waals surface area contributed by atoms with E-state index in [0.717, 1.165) is 0 Å². The number of nitrogens with two attached hydrogens (primary N) is 1. The van der Waals surface area contributed by atoms with Crippen LogP contribution in [-0.2, 0) is 0 Å². The molecule has 1 saturated heterocycles. The zero-order valence-corrected chi connectivity index (χ0v) is 11.5. The molecule has 0 atom stereocenters. The molecule has 0 aliphatic carbocycles. The van der Waals surface area contributed by atoms with Gasteiger partial charge in [-0.2, -0.15) is 13.2 Å². The summed E-state index contributed by atoms with van der Waals surface area (Å²) in [5.41, 5.74) is 6.04. The van der Waals surface area contributed by atoms with Gasteiger partial charge in [-0.3, -0.25) is 4.90 Å². The van der Waals surface area contributed by atoms with Gasteiger partial charge < -0.3 is 10.6 Å². The second-order valence-electron chi connectivity index (χ2n) is 4.62. The van der Waals surface area contributed by atoms with E-state index in [2.05, 4.69) is 4.98 Å². The van der Waals surface area contributed by atoms with Crippen molar-refractivity contribution in [3.63, 3.8) is 0 Å². The minimum atomic E-state index is -4.15. The molecule has 1 aromatic rings. The van der Waals surface area contributed by atoms with E-state index in [1.807, 2.05) is 4.90 Å². The maximum Gasteiger partial charge on any atom is 0.401 e. The fourth-order valence-corrected chi connectivity index (χ4v) is 2.24. The van der Waals surface area contributed by atoms with Gasteiger partial charge in [-0.25, -0.2) is 4.98 Å². The number of alkyl halides is 3. The van der Waals surface area contributed by atoms with Gasteiger partial charge in [0.25, 0.3) is 0 Å². The molecular formula is C12H15F3N4S. The van der Waals surface area contributed by atoms with E-state index in [1.165, 1.54) is 4.90 Å². The molecule has 0 amide bonds. The van der Waals surface area contributed by atoms with Gasteiger partial charge in [0.1, 0.15) is 10.8 Å². The zero-order chi connectivity index (χ0) is 14.8. The van der Waals surface area contributed by atoms with Gasteiger partial charge in [0.15, 0.2) is 0 Å². The van der Waals surface area contributed by atoms with E-state index < -0.39 is 12.7 Å². The van der Waals surface area contributed by atoms with Crippen molar-refractivity contribution >= 4 is 23.0 Å². The number of halogens is 3. The standard InChI is InChI=1S/C12H15F3N4S/c13-12(14,15)8-18-4-6-19(7-5-18)10-3-1-2-9(17-10)11(16)20/h1-3H,4-8H2,(H2,16,20). The molecular weight excluding hydrogens is 289 g/mol. The summed E-state index contributed by atoms with van der Waals surface area (Å²) in [5.74, 6) is 0.696. The first-order valence-corrected chi connectivity index (χ1v) is 6.57. The molecule has 0 saturated carbocycles. The van der Waals surface area contributed by atoms with Crippen LogP contribution in [0, 0.1) is 0 Å². The van der Waals surface area contributed by atoms with E-state index in [9.17, 15) is 13.2 Å². The maximum atomic E-state index is 12.3. The van der Waals surface area contributed by atoms with Crippen molar-refractivity contribution in [1.82, 2.24) is 9.88 Å². The third-order valence-corrected chi connectivity index (χ3v) is 3.30. The predicted molar refractivity (Wildman–Crippen MR) is 74.8 cm³/mol. The van der Waals surface area contributed by atoms with Crippen LogP contribution < -0.4 is 10.6 Å². The smallest absolute Gasteiger partial charge is 0.388 e. The Morgan fingerprint density at radius 2 is 1.90 bits per heavy atom. The normalized spacial score (nSPS) is 17.2. The Kier molecular flexibility index (Phi) is 4.44. The van der Waals surface area contributed by atoms with Crippen molar-refractivity contribution in [1.29, 1.82) is 0 Å². The van der Waals surface area contributed by atoms with E-state index in [-0.39, 0.29) is 4.99 Å². The summed E-state index contributed by atoms with van der Waals surface area (Å²) in [6, 6.07) is 5.31. The Morgan fingerprint density at radius 3 is 2.45 bits per heavy atom. The number of nitrogens with zero attached hydrogens (tertiary/aromatic N) is 3. The summed E-state index contributed by atoms with van der Waals surface area (Å²) in [6.07, 6.45) is -4.15. The number of rotatable bonds is 3. The largest absolute Gasteiger partial charge is 0.401 e. The van der Waals surface area contributed by atoms with Crippen molar-refractivity contribution in [3.05, 3.63) is 23.9 Å². The highest BCUT2D eigenvalue weighted by Crippen LogP contribution is 2.19. The highest BCUT2D eigenvalue weighted by molar-refractivity contribution is 7.80. The summed E-state index contributed by atoms with van der Waals surface area (Å²) in [5, 5.41) is 0. The topological polar surface area (TPSA) is 45.4 Å². The molecule has 8 heteroatoms. The van der Waals surface area contributed by atoms with E-state index in [1.54, 1.807) is 18.2 Å². The Morgan fingerprint density at radius 1 is 1.25 bits per heavy atom. The third-order valence-electron chi connectivity index (χ3n) is 3.09. The molecule has 0 bridgehead atoms. The lowest BCUT2D eigenvalue weighted by Crippen LogP contribution is -2.49. The maximum absolute atomic E-state index is 12.3. The van der Waals surface area contributed by atoms with Crippen LogP contribution in [0.25, 0.3) is 0 Å². The van der Waals surface area contributed by atoms with Gasteiger partial charge in [-0.05, 0) is 12.1 Å². The molecule has 1 aliphatic rings. The van der Waals surface area contributed by atoms with Crippen molar-refractivity contribution in [2.75, 3.05) is 37.6 Å². The van der Waals surface area contributed by atoms with Crippen LogP contribution in [0.1, 0.15) is 5.69 Å². The first-order valence-electron chi connectivity index (χ1n) is 6.16. The molecule has 0 aromatic carbocycles. The van der Waals surface area contributed by atoms with E-state index >= 15 is 0 Å². The average Bonchev–Trinajstić information content (AvgIpc) is 2.38. The molecule has 4 nitrogen and oxygen atoms in total. The van der Waals surface area contributed by atoms with Crippen LogP contribution in [0.3, 0.4) is 0 Å². The number of anilines is 1. The Bertz CT molecular complexity index is 484. The first kappa shape index (κ1) is 15.0. The van der Waals surface area contributed by atoms with Gasteiger partial charge in [0.2, 0.25) is 0 Å². The number of hydrogen-bond acceptors (Lipinski definition) is 4. The molecule has 0 unspecified atom stereocenters. The molecule has 2 N–H and O–H groups in total. The van der Waals surface area contributed by atoms with E-state index in [0.29, 0.717) is 37.7 Å². The van der Waals surface area contributed by atoms with Crippen LogP contribution in [0.4, 0.5) is 19.0 Å². The van der Waals surface area contributed by atoms with Crippen LogP contribution in [0.2, 0.25) is 0 Å². The van der Waals surface area contributed by atoms with Crippen LogP contribution in [0.15, 0.2) is 18.2 Å². The zero-order valence-electron chi connectivity index (χ0n) is 10.7. The van der Waals surface area contributed by atoms with Crippen LogP contribution >= 0.6 is 12.2 Å². The summed E-state index contributed by atoms with van der Waals surface area (Å²) in [7, 11) is 0. The SMILES string of the molecule is NC(=S)c1cccc(N2CCN(CC(F)(F)F)CC2)n1. The van der Waals surface area contributed by atoms with Crippen LogP contribution in [-0.4, -0.2) is 53.8 Å². The molecule has 2 heterocycles.